The van der Waals surface area contributed by atoms with E-state index in [2.05, 4.69) is 46.7 Å². The smallest absolute Gasteiger partial charge is 0.191 e. The van der Waals surface area contributed by atoms with Crippen LogP contribution in [-0.2, 0) is 24.9 Å². The van der Waals surface area contributed by atoms with E-state index in [0.29, 0.717) is 25.7 Å². The summed E-state index contributed by atoms with van der Waals surface area (Å²) in [7, 11) is 1.91. The molecule has 0 saturated heterocycles. The van der Waals surface area contributed by atoms with E-state index < -0.39 is 0 Å². The van der Waals surface area contributed by atoms with Crippen molar-refractivity contribution in [3.8, 4) is 0 Å². The molecular formula is C19H30IN5O. The highest BCUT2D eigenvalue weighted by Gasteiger charge is 2.05. The maximum atomic E-state index is 5.79. The van der Waals surface area contributed by atoms with E-state index in [0.717, 1.165) is 24.6 Å². The SMILES string of the molecule is CCNC(=NCc1cnn(C)c1)NCC(C)COCc1ccccc1.I. The second-order valence-corrected chi connectivity index (χ2v) is 6.20. The number of ether oxygens (including phenoxy) is 1. The summed E-state index contributed by atoms with van der Waals surface area (Å²) in [4.78, 5) is 4.60. The molecule has 6 nitrogen and oxygen atoms in total. The van der Waals surface area contributed by atoms with Crippen LogP contribution in [0.2, 0.25) is 0 Å². The third kappa shape index (κ3) is 8.66. The van der Waals surface area contributed by atoms with E-state index in [4.69, 9.17) is 4.74 Å². The van der Waals surface area contributed by atoms with Crippen LogP contribution in [0.4, 0.5) is 0 Å². The summed E-state index contributed by atoms with van der Waals surface area (Å²) in [6, 6.07) is 10.2. The van der Waals surface area contributed by atoms with Crippen molar-refractivity contribution in [2.24, 2.45) is 18.0 Å². The number of nitrogens with zero attached hydrogens (tertiary/aromatic N) is 3. The zero-order chi connectivity index (χ0) is 17.9. The van der Waals surface area contributed by atoms with Gasteiger partial charge in [0.05, 0.1) is 26.0 Å². The Morgan fingerprint density at radius 2 is 2.00 bits per heavy atom. The highest BCUT2D eigenvalue weighted by molar-refractivity contribution is 14.0. The number of aromatic nitrogens is 2. The first kappa shape index (κ1) is 22.4. The molecule has 144 valence electrons. The first-order valence-electron chi connectivity index (χ1n) is 8.78. The molecule has 1 unspecified atom stereocenters. The lowest BCUT2D eigenvalue weighted by atomic mass is 10.2. The normalized spacial score (nSPS) is 12.3. The molecule has 0 aliphatic heterocycles. The van der Waals surface area contributed by atoms with Crippen LogP contribution in [-0.4, -0.2) is 35.4 Å². The minimum absolute atomic E-state index is 0. The van der Waals surface area contributed by atoms with Gasteiger partial charge in [0, 0.05) is 31.9 Å². The zero-order valence-electron chi connectivity index (χ0n) is 15.8. The maximum absolute atomic E-state index is 5.79. The van der Waals surface area contributed by atoms with Crippen molar-refractivity contribution in [2.45, 2.75) is 27.0 Å². The fraction of sp³-hybridized carbons (Fsp3) is 0.474. The van der Waals surface area contributed by atoms with Crippen molar-refractivity contribution >= 4 is 29.9 Å². The predicted octanol–water partition coefficient (Wildman–Crippen LogP) is 2.95. The fourth-order valence-corrected chi connectivity index (χ4v) is 2.35. The van der Waals surface area contributed by atoms with E-state index in [9.17, 15) is 0 Å². The Morgan fingerprint density at radius 3 is 2.65 bits per heavy atom. The monoisotopic (exact) mass is 471 g/mol. The number of halogens is 1. The molecule has 0 bridgehead atoms. The molecule has 0 spiro atoms. The molecule has 0 amide bonds. The lowest BCUT2D eigenvalue weighted by Gasteiger charge is -2.16. The van der Waals surface area contributed by atoms with Gasteiger partial charge in [0.15, 0.2) is 5.96 Å². The van der Waals surface area contributed by atoms with Gasteiger partial charge in [0.2, 0.25) is 0 Å². The molecule has 1 aromatic carbocycles. The number of hydrogen-bond acceptors (Lipinski definition) is 3. The van der Waals surface area contributed by atoms with Gasteiger partial charge in [0.1, 0.15) is 0 Å². The van der Waals surface area contributed by atoms with Gasteiger partial charge >= 0.3 is 0 Å². The van der Waals surface area contributed by atoms with Crippen molar-refractivity contribution in [1.82, 2.24) is 20.4 Å². The minimum atomic E-state index is 0. The van der Waals surface area contributed by atoms with Gasteiger partial charge in [-0.15, -0.1) is 24.0 Å². The summed E-state index contributed by atoms with van der Waals surface area (Å²) in [6.45, 7) is 7.86. The van der Waals surface area contributed by atoms with E-state index in [1.165, 1.54) is 5.56 Å². The first-order valence-corrected chi connectivity index (χ1v) is 8.78. The summed E-state index contributed by atoms with van der Waals surface area (Å²) in [5.41, 5.74) is 2.30. The topological polar surface area (TPSA) is 63.5 Å². The van der Waals surface area contributed by atoms with Crippen molar-refractivity contribution in [2.75, 3.05) is 19.7 Å². The average molecular weight is 471 g/mol. The van der Waals surface area contributed by atoms with Crippen LogP contribution in [0.1, 0.15) is 25.0 Å². The average Bonchev–Trinajstić information content (AvgIpc) is 3.04. The van der Waals surface area contributed by atoms with Gasteiger partial charge < -0.3 is 15.4 Å². The Hall–Kier alpha value is -1.61. The first-order chi connectivity index (χ1) is 12.2. The summed E-state index contributed by atoms with van der Waals surface area (Å²) in [5, 5.41) is 10.8. The molecule has 1 atom stereocenters. The highest BCUT2D eigenvalue weighted by atomic mass is 127. The van der Waals surface area contributed by atoms with E-state index in [1.807, 2.05) is 37.6 Å². The van der Waals surface area contributed by atoms with E-state index in [1.54, 1.807) is 4.68 Å². The largest absolute Gasteiger partial charge is 0.376 e. The van der Waals surface area contributed by atoms with Crippen LogP contribution in [0.3, 0.4) is 0 Å². The second kappa shape index (κ2) is 12.7. The summed E-state index contributed by atoms with van der Waals surface area (Å²) >= 11 is 0. The van der Waals surface area contributed by atoms with Crippen LogP contribution >= 0.6 is 24.0 Å². The molecule has 1 aromatic heterocycles. The Bertz CT molecular complexity index is 644. The number of aryl methyl sites for hydroxylation is 1. The predicted molar refractivity (Wildman–Crippen MR) is 117 cm³/mol. The van der Waals surface area contributed by atoms with Gasteiger partial charge in [-0.05, 0) is 18.4 Å². The maximum Gasteiger partial charge on any atom is 0.191 e. The molecular weight excluding hydrogens is 441 g/mol. The highest BCUT2D eigenvalue weighted by Crippen LogP contribution is 2.03. The minimum Gasteiger partial charge on any atom is -0.376 e. The number of guanidine groups is 1. The lowest BCUT2D eigenvalue weighted by Crippen LogP contribution is -2.40. The third-order valence-corrected chi connectivity index (χ3v) is 3.65. The van der Waals surface area contributed by atoms with Gasteiger partial charge in [-0.25, -0.2) is 4.99 Å². The number of rotatable bonds is 9. The number of hydrogen-bond donors (Lipinski definition) is 2. The fourth-order valence-electron chi connectivity index (χ4n) is 2.35. The Kier molecular flexibility index (Phi) is 11.0. The molecule has 0 aliphatic carbocycles. The van der Waals surface area contributed by atoms with Crippen LogP contribution in [0.5, 0.6) is 0 Å². The molecule has 7 heteroatoms. The number of nitrogens with one attached hydrogen (secondary N) is 2. The van der Waals surface area contributed by atoms with E-state index in [-0.39, 0.29) is 24.0 Å². The van der Waals surface area contributed by atoms with Gasteiger partial charge in [-0.1, -0.05) is 37.3 Å². The van der Waals surface area contributed by atoms with E-state index >= 15 is 0 Å². The Balaban J connectivity index is 0.00000338. The van der Waals surface area contributed by atoms with Crippen LogP contribution < -0.4 is 10.6 Å². The van der Waals surface area contributed by atoms with Crippen molar-refractivity contribution in [3.63, 3.8) is 0 Å². The van der Waals surface area contributed by atoms with Crippen molar-refractivity contribution < 1.29 is 4.74 Å². The molecule has 0 fully saturated rings. The number of benzene rings is 1. The molecule has 1 heterocycles. The molecule has 2 N–H and O–H groups in total. The molecule has 0 radical (unpaired) electrons. The summed E-state index contributed by atoms with van der Waals surface area (Å²) < 4.78 is 7.58. The van der Waals surface area contributed by atoms with Crippen molar-refractivity contribution in [3.05, 3.63) is 53.9 Å². The van der Waals surface area contributed by atoms with Gasteiger partial charge in [0.25, 0.3) is 0 Å². The number of aliphatic imine (C=N–C) groups is 1. The molecule has 26 heavy (non-hydrogen) atoms. The van der Waals surface area contributed by atoms with Gasteiger partial charge in [-0.2, -0.15) is 5.10 Å². The van der Waals surface area contributed by atoms with Crippen LogP contribution in [0, 0.1) is 5.92 Å². The molecule has 2 rings (SSSR count). The van der Waals surface area contributed by atoms with Crippen LogP contribution in [0.25, 0.3) is 0 Å². The lowest BCUT2D eigenvalue weighted by molar-refractivity contribution is 0.0931. The molecule has 0 saturated carbocycles. The standard InChI is InChI=1S/C19H29N5O.HI/c1-4-20-19(22-11-18-12-23-24(3)13-18)21-10-16(2)14-25-15-17-8-6-5-7-9-17;/h5-9,12-13,16H,4,10-11,14-15H2,1-3H3,(H2,20,21,22);1H. The van der Waals surface area contributed by atoms with Crippen molar-refractivity contribution in [1.29, 1.82) is 0 Å². The quantitative estimate of drug-likeness (QED) is 0.336. The Labute approximate surface area is 173 Å². The second-order valence-electron chi connectivity index (χ2n) is 6.20. The summed E-state index contributed by atoms with van der Waals surface area (Å²) in [5.74, 6) is 1.22. The molecule has 0 aliphatic rings. The van der Waals surface area contributed by atoms with Crippen LogP contribution in [0.15, 0.2) is 47.7 Å². The Morgan fingerprint density at radius 1 is 1.23 bits per heavy atom. The van der Waals surface area contributed by atoms with Gasteiger partial charge in [-0.3, -0.25) is 4.68 Å². The third-order valence-electron chi connectivity index (χ3n) is 3.65. The summed E-state index contributed by atoms with van der Waals surface area (Å²) in [6.07, 6.45) is 3.82. The zero-order valence-corrected chi connectivity index (χ0v) is 18.1. The molecule has 2 aromatic rings.